The zero-order valence-electron chi connectivity index (χ0n) is 12.7. The van der Waals surface area contributed by atoms with Gasteiger partial charge in [0, 0.05) is 5.69 Å². The normalized spacial score (nSPS) is 10.1. The lowest BCUT2D eigenvalue weighted by Gasteiger charge is -2.08. The fourth-order valence-electron chi connectivity index (χ4n) is 1.91. The summed E-state index contributed by atoms with van der Waals surface area (Å²) in [6.45, 7) is 5.52. The molecule has 2 rings (SSSR count). The number of hydrogen-bond donors (Lipinski definition) is 1. The molecule has 0 saturated heterocycles. The van der Waals surface area contributed by atoms with Crippen LogP contribution in [0, 0.1) is 13.8 Å². The molecule has 6 nitrogen and oxygen atoms in total. The second-order valence-corrected chi connectivity index (χ2v) is 4.67. The Morgan fingerprint density at radius 2 is 1.91 bits per heavy atom. The first-order chi connectivity index (χ1) is 10.5. The van der Waals surface area contributed by atoms with Crippen molar-refractivity contribution in [1.29, 1.82) is 0 Å². The number of hydrogen-bond acceptors (Lipinski definition) is 5. The van der Waals surface area contributed by atoms with E-state index in [-0.39, 0.29) is 11.6 Å². The van der Waals surface area contributed by atoms with Crippen LogP contribution in [0.4, 0.5) is 5.82 Å². The molecule has 0 unspecified atom stereocenters. The van der Waals surface area contributed by atoms with Gasteiger partial charge in [-0.3, -0.25) is 4.79 Å². The lowest BCUT2D eigenvalue weighted by Crippen LogP contribution is -2.17. The van der Waals surface area contributed by atoms with Crippen molar-refractivity contribution >= 4 is 17.7 Å². The lowest BCUT2D eigenvalue weighted by molar-refractivity contribution is 0.0524. The maximum Gasteiger partial charge on any atom is 0.339 e. The van der Waals surface area contributed by atoms with E-state index in [1.807, 2.05) is 13.0 Å². The largest absolute Gasteiger partial charge is 0.462 e. The Kier molecular flexibility index (Phi) is 4.83. The summed E-state index contributed by atoms with van der Waals surface area (Å²) in [5.41, 5.74) is 1.82. The molecule has 2 heterocycles. The average molecular weight is 299 g/mol. The quantitative estimate of drug-likeness (QED) is 0.877. The zero-order chi connectivity index (χ0) is 16.1. The van der Waals surface area contributed by atoms with Gasteiger partial charge in [-0.15, -0.1) is 0 Å². The van der Waals surface area contributed by atoms with Crippen LogP contribution in [0.2, 0.25) is 0 Å². The molecule has 2 aromatic rings. The van der Waals surface area contributed by atoms with Crippen molar-refractivity contribution in [2.24, 2.45) is 0 Å². The Labute approximate surface area is 128 Å². The molecule has 0 spiro atoms. The molecule has 0 aromatic carbocycles. The van der Waals surface area contributed by atoms with E-state index in [9.17, 15) is 9.59 Å². The molecule has 0 radical (unpaired) electrons. The SMILES string of the molecule is CCOC(=O)c1ccc(C(=O)Nc2cccc(C)n2)nc1C. The third-order valence-corrected chi connectivity index (χ3v) is 2.94. The van der Waals surface area contributed by atoms with Crippen LogP contribution in [0.3, 0.4) is 0 Å². The minimum atomic E-state index is -0.445. The Hall–Kier alpha value is -2.76. The highest BCUT2D eigenvalue weighted by molar-refractivity contribution is 6.03. The second kappa shape index (κ2) is 6.80. The second-order valence-electron chi connectivity index (χ2n) is 4.67. The smallest absolute Gasteiger partial charge is 0.339 e. The molecule has 2 aromatic heterocycles. The molecule has 6 heteroatoms. The van der Waals surface area contributed by atoms with Gasteiger partial charge in [0.1, 0.15) is 11.5 Å². The molecular weight excluding hydrogens is 282 g/mol. The summed E-state index contributed by atoms with van der Waals surface area (Å²) in [6.07, 6.45) is 0. The molecule has 0 saturated carbocycles. The number of anilines is 1. The number of pyridine rings is 2. The highest BCUT2D eigenvalue weighted by atomic mass is 16.5. The van der Waals surface area contributed by atoms with Gasteiger partial charge >= 0.3 is 5.97 Å². The highest BCUT2D eigenvalue weighted by Gasteiger charge is 2.15. The van der Waals surface area contributed by atoms with Crippen LogP contribution < -0.4 is 5.32 Å². The number of amides is 1. The molecular formula is C16H17N3O3. The topological polar surface area (TPSA) is 81.2 Å². The first-order valence-corrected chi connectivity index (χ1v) is 6.91. The van der Waals surface area contributed by atoms with Gasteiger partial charge in [-0.05, 0) is 45.0 Å². The van der Waals surface area contributed by atoms with Gasteiger partial charge in [0.05, 0.1) is 17.9 Å². The van der Waals surface area contributed by atoms with E-state index in [1.165, 1.54) is 6.07 Å². The van der Waals surface area contributed by atoms with Crippen LogP contribution in [0.5, 0.6) is 0 Å². The minimum Gasteiger partial charge on any atom is -0.462 e. The van der Waals surface area contributed by atoms with Gasteiger partial charge in [-0.25, -0.2) is 14.8 Å². The number of aryl methyl sites for hydroxylation is 2. The Morgan fingerprint density at radius 3 is 2.55 bits per heavy atom. The molecule has 0 aliphatic heterocycles. The number of aromatic nitrogens is 2. The number of carbonyl (C=O) groups excluding carboxylic acids is 2. The third kappa shape index (κ3) is 3.66. The van der Waals surface area contributed by atoms with Gasteiger partial charge in [-0.2, -0.15) is 0 Å². The van der Waals surface area contributed by atoms with Gasteiger partial charge in [0.2, 0.25) is 0 Å². The molecule has 114 valence electrons. The number of nitrogens with one attached hydrogen (secondary N) is 1. The van der Waals surface area contributed by atoms with E-state index in [1.54, 1.807) is 32.0 Å². The van der Waals surface area contributed by atoms with E-state index in [2.05, 4.69) is 15.3 Å². The Bertz CT molecular complexity index is 714. The number of ether oxygens (including phenoxy) is 1. The Morgan fingerprint density at radius 1 is 1.14 bits per heavy atom. The maximum absolute atomic E-state index is 12.2. The molecule has 1 amide bonds. The molecule has 0 aliphatic carbocycles. The maximum atomic E-state index is 12.2. The minimum absolute atomic E-state index is 0.217. The van der Waals surface area contributed by atoms with Crippen LogP contribution >= 0.6 is 0 Å². The van der Waals surface area contributed by atoms with Crippen molar-refractivity contribution in [3.8, 4) is 0 Å². The van der Waals surface area contributed by atoms with Crippen molar-refractivity contribution in [1.82, 2.24) is 9.97 Å². The standard InChI is InChI=1S/C16H17N3O3/c1-4-22-16(21)12-8-9-13(18-11(12)3)15(20)19-14-7-5-6-10(2)17-14/h5-9H,4H2,1-3H3,(H,17,19,20). The first-order valence-electron chi connectivity index (χ1n) is 6.91. The average Bonchev–Trinajstić information content (AvgIpc) is 2.47. The summed E-state index contributed by atoms with van der Waals surface area (Å²) in [6, 6.07) is 8.38. The van der Waals surface area contributed by atoms with E-state index in [0.717, 1.165) is 5.69 Å². The fraction of sp³-hybridized carbons (Fsp3) is 0.250. The molecule has 0 atom stereocenters. The summed E-state index contributed by atoms with van der Waals surface area (Å²) < 4.78 is 4.93. The van der Waals surface area contributed by atoms with Gasteiger partial charge in [-0.1, -0.05) is 6.07 Å². The fourth-order valence-corrected chi connectivity index (χ4v) is 1.91. The van der Waals surface area contributed by atoms with Crippen LogP contribution in [0.1, 0.15) is 39.2 Å². The third-order valence-electron chi connectivity index (χ3n) is 2.94. The predicted molar refractivity (Wildman–Crippen MR) is 81.9 cm³/mol. The Balaban J connectivity index is 2.17. The van der Waals surface area contributed by atoms with Gasteiger partial charge in [0.15, 0.2) is 0 Å². The van der Waals surface area contributed by atoms with E-state index in [4.69, 9.17) is 4.74 Å². The van der Waals surface area contributed by atoms with Crippen molar-refractivity contribution in [3.63, 3.8) is 0 Å². The summed E-state index contributed by atoms with van der Waals surface area (Å²) in [7, 11) is 0. The van der Waals surface area contributed by atoms with Crippen molar-refractivity contribution < 1.29 is 14.3 Å². The van der Waals surface area contributed by atoms with Crippen molar-refractivity contribution in [2.75, 3.05) is 11.9 Å². The van der Waals surface area contributed by atoms with E-state index < -0.39 is 5.97 Å². The number of rotatable bonds is 4. The molecule has 22 heavy (non-hydrogen) atoms. The van der Waals surface area contributed by atoms with E-state index in [0.29, 0.717) is 23.7 Å². The summed E-state index contributed by atoms with van der Waals surface area (Å²) >= 11 is 0. The summed E-state index contributed by atoms with van der Waals surface area (Å²) in [5, 5.41) is 2.67. The lowest BCUT2D eigenvalue weighted by atomic mass is 10.2. The summed E-state index contributed by atoms with van der Waals surface area (Å²) in [5.74, 6) is -0.365. The predicted octanol–water partition coefficient (Wildman–Crippen LogP) is 2.52. The summed E-state index contributed by atoms with van der Waals surface area (Å²) in [4.78, 5) is 32.2. The first kappa shape index (κ1) is 15.6. The molecule has 0 aliphatic rings. The van der Waals surface area contributed by atoms with Gasteiger partial charge in [0.25, 0.3) is 5.91 Å². The van der Waals surface area contributed by atoms with Crippen molar-refractivity contribution in [2.45, 2.75) is 20.8 Å². The van der Waals surface area contributed by atoms with Crippen LogP contribution in [0.25, 0.3) is 0 Å². The van der Waals surface area contributed by atoms with Crippen LogP contribution in [0.15, 0.2) is 30.3 Å². The monoisotopic (exact) mass is 299 g/mol. The molecule has 0 bridgehead atoms. The van der Waals surface area contributed by atoms with Crippen LogP contribution in [-0.2, 0) is 4.74 Å². The zero-order valence-corrected chi connectivity index (χ0v) is 12.7. The molecule has 0 fully saturated rings. The van der Waals surface area contributed by atoms with Gasteiger partial charge < -0.3 is 10.1 Å². The number of carbonyl (C=O) groups is 2. The van der Waals surface area contributed by atoms with Crippen LogP contribution in [-0.4, -0.2) is 28.5 Å². The number of esters is 1. The van der Waals surface area contributed by atoms with Crippen molar-refractivity contribution in [3.05, 3.63) is 53.0 Å². The van der Waals surface area contributed by atoms with E-state index >= 15 is 0 Å². The molecule has 1 N–H and O–H groups in total. The highest BCUT2D eigenvalue weighted by Crippen LogP contribution is 2.11. The number of nitrogens with zero attached hydrogens (tertiary/aromatic N) is 2.